The van der Waals surface area contributed by atoms with Gasteiger partial charge in [-0.1, -0.05) is 0 Å². The van der Waals surface area contributed by atoms with E-state index in [4.69, 9.17) is 0 Å². The first kappa shape index (κ1) is 22.4. The van der Waals surface area contributed by atoms with Gasteiger partial charge in [-0.25, -0.2) is 31.5 Å². The van der Waals surface area contributed by atoms with Gasteiger partial charge in [0.05, 0.1) is 17.2 Å². The van der Waals surface area contributed by atoms with Crippen molar-refractivity contribution < 1.29 is 30.0 Å². The third-order valence-corrected chi connectivity index (χ3v) is 10.3. The summed E-state index contributed by atoms with van der Waals surface area (Å²) >= 11 is 0.866. The van der Waals surface area contributed by atoms with Crippen LogP contribution in [0.25, 0.3) is 10.6 Å². The summed E-state index contributed by atoms with van der Waals surface area (Å²) in [6, 6.07) is -0.738. The lowest BCUT2D eigenvalue weighted by atomic mass is 10.1. The van der Waals surface area contributed by atoms with E-state index < -0.39 is 38.1 Å². The average molecular weight is 497 g/mol. The van der Waals surface area contributed by atoms with Crippen LogP contribution in [0.2, 0.25) is 0 Å². The molecule has 0 bridgehead atoms. The number of thiazole rings is 1. The smallest absolute Gasteiger partial charge is 0.358 e. The number of anilines is 1. The minimum atomic E-state index is -4.44. The number of nitrogens with zero attached hydrogens (tertiary/aromatic N) is 2. The van der Waals surface area contributed by atoms with E-state index >= 15 is 0 Å². The SMILES string of the molecule is Cc1nc(-c2ccnc3c2CC(C(F)(F)F)N3)sc1S(=O)(=O)NC1CCS(=O)(=O)CC1. The topological polar surface area (TPSA) is 118 Å². The third kappa shape index (κ3) is 4.56. The fourth-order valence-corrected chi connectivity index (χ4v) is 8.05. The summed E-state index contributed by atoms with van der Waals surface area (Å²) < 4.78 is 90.8. The van der Waals surface area contributed by atoms with Gasteiger partial charge in [0, 0.05) is 29.8 Å². The summed E-state index contributed by atoms with van der Waals surface area (Å²) in [6.45, 7) is 1.51. The van der Waals surface area contributed by atoms with Crippen LogP contribution in [0.1, 0.15) is 24.1 Å². The molecule has 2 aromatic rings. The van der Waals surface area contributed by atoms with Crippen LogP contribution >= 0.6 is 11.3 Å². The standard InChI is InChI=1S/C17H19F3N4O4S3/c1-9-16(31(27,28)24-10-3-6-30(25,26)7-4-10)29-15(22-9)11-2-5-21-14-12(11)8-13(23-14)17(18,19)20/h2,5,10,13,24H,3-4,6-8H2,1H3,(H,21,23). The minimum Gasteiger partial charge on any atom is -0.358 e. The molecule has 1 saturated heterocycles. The van der Waals surface area contributed by atoms with Gasteiger partial charge < -0.3 is 5.32 Å². The van der Waals surface area contributed by atoms with E-state index in [9.17, 15) is 30.0 Å². The molecule has 0 spiro atoms. The lowest BCUT2D eigenvalue weighted by molar-refractivity contribution is -0.140. The van der Waals surface area contributed by atoms with Crippen molar-refractivity contribution in [1.29, 1.82) is 0 Å². The third-order valence-electron chi connectivity index (χ3n) is 5.28. The van der Waals surface area contributed by atoms with Crippen molar-refractivity contribution in [3.8, 4) is 10.6 Å². The highest BCUT2D eigenvalue weighted by Gasteiger charge is 2.44. The Kier molecular flexibility index (Phi) is 5.55. The first-order valence-corrected chi connectivity index (χ1v) is 13.5. The number of aromatic nitrogens is 2. The zero-order valence-electron chi connectivity index (χ0n) is 16.2. The highest BCUT2D eigenvalue weighted by molar-refractivity contribution is 7.92. The number of nitrogens with one attached hydrogen (secondary N) is 2. The Hall–Kier alpha value is -1.77. The van der Waals surface area contributed by atoms with Gasteiger partial charge in [-0.2, -0.15) is 13.2 Å². The van der Waals surface area contributed by atoms with Crippen LogP contribution in [0.3, 0.4) is 0 Å². The van der Waals surface area contributed by atoms with Crippen molar-refractivity contribution in [2.45, 2.75) is 48.7 Å². The normalized spacial score (nSPS) is 21.6. The number of hydrogen-bond acceptors (Lipinski definition) is 8. The lowest BCUT2D eigenvalue weighted by Gasteiger charge is -2.22. The maximum Gasteiger partial charge on any atom is 0.408 e. The van der Waals surface area contributed by atoms with Crippen molar-refractivity contribution in [3.63, 3.8) is 0 Å². The zero-order valence-corrected chi connectivity index (χ0v) is 18.7. The average Bonchev–Trinajstić information content (AvgIpc) is 3.27. The molecule has 2 N–H and O–H groups in total. The van der Waals surface area contributed by atoms with E-state index in [-0.39, 0.29) is 51.5 Å². The van der Waals surface area contributed by atoms with Gasteiger partial charge in [-0.05, 0) is 25.8 Å². The van der Waals surface area contributed by atoms with Gasteiger partial charge in [0.25, 0.3) is 10.0 Å². The molecule has 1 fully saturated rings. The highest BCUT2D eigenvalue weighted by atomic mass is 32.2. The first-order chi connectivity index (χ1) is 14.4. The van der Waals surface area contributed by atoms with Gasteiger partial charge in [0.1, 0.15) is 26.7 Å². The maximum absolute atomic E-state index is 13.1. The molecule has 4 rings (SSSR count). The Morgan fingerprint density at radius 1 is 1.26 bits per heavy atom. The first-order valence-electron chi connectivity index (χ1n) is 9.37. The van der Waals surface area contributed by atoms with Crippen LogP contribution in [0.15, 0.2) is 16.5 Å². The van der Waals surface area contributed by atoms with Crippen molar-refractivity contribution in [2.75, 3.05) is 16.8 Å². The molecule has 170 valence electrons. The Balaban J connectivity index is 1.60. The second kappa shape index (κ2) is 7.67. The number of rotatable bonds is 4. The highest BCUT2D eigenvalue weighted by Crippen LogP contribution is 2.40. The number of sulfone groups is 1. The molecule has 0 aromatic carbocycles. The van der Waals surface area contributed by atoms with Gasteiger partial charge >= 0.3 is 6.18 Å². The molecule has 31 heavy (non-hydrogen) atoms. The zero-order chi connectivity index (χ0) is 22.6. The molecule has 1 unspecified atom stereocenters. The van der Waals surface area contributed by atoms with E-state index in [0.717, 1.165) is 11.3 Å². The summed E-state index contributed by atoms with van der Waals surface area (Å²) in [5.74, 6) is -0.0496. The molecule has 0 amide bonds. The van der Waals surface area contributed by atoms with E-state index in [2.05, 4.69) is 20.0 Å². The van der Waals surface area contributed by atoms with Crippen molar-refractivity contribution in [2.24, 2.45) is 0 Å². The second-order valence-electron chi connectivity index (χ2n) is 7.57. The molecule has 8 nitrogen and oxygen atoms in total. The molecule has 14 heteroatoms. The van der Waals surface area contributed by atoms with Crippen LogP contribution in [0.4, 0.5) is 19.0 Å². The van der Waals surface area contributed by atoms with E-state index in [0.29, 0.717) is 11.1 Å². The monoisotopic (exact) mass is 496 g/mol. The lowest BCUT2D eigenvalue weighted by Crippen LogP contribution is -2.40. The largest absolute Gasteiger partial charge is 0.408 e. The molecule has 2 aromatic heterocycles. The number of sulfonamides is 1. The molecule has 4 heterocycles. The molecular formula is C17H19F3N4O4S3. The predicted octanol–water partition coefficient (Wildman–Crippen LogP) is 2.27. The predicted molar refractivity (Wildman–Crippen MR) is 109 cm³/mol. The van der Waals surface area contributed by atoms with Crippen molar-refractivity contribution in [3.05, 3.63) is 23.5 Å². The van der Waals surface area contributed by atoms with Gasteiger partial charge in [-0.3, -0.25) is 0 Å². The number of pyridine rings is 1. The number of alkyl halides is 3. The van der Waals surface area contributed by atoms with Crippen molar-refractivity contribution >= 4 is 37.0 Å². The van der Waals surface area contributed by atoms with Crippen molar-refractivity contribution in [1.82, 2.24) is 14.7 Å². The fourth-order valence-electron chi connectivity index (χ4n) is 3.67. The van der Waals surface area contributed by atoms with E-state index in [1.165, 1.54) is 19.2 Å². The van der Waals surface area contributed by atoms with Crippen LogP contribution in [0.5, 0.6) is 0 Å². The van der Waals surface area contributed by atoms with Crippen LogP contribution < -0.4 is 10.0 Å². The van der Waals surface area contributed by atoms with Crippen LogP contribution in [-0.4, -0.2) is 56.6 Å². The fraction of sp³-hybridized carbons (Fsp3) is 0.529. The Bertz CT molecular complexity index is 1210. The van der Waals surface area contributed by atoms with Gasteiger partial charge in [0.2, 0.25) is 0 Å². The number of hydrogen-bond donors (Lipinski definition) is 2. The number of halogens is 3. The number of fused-ring (bicyclic) bond motifs is 1. The Morgan fingerprint density at radius 2 is 1.94 bits per heavy atom. The Morgan fingerprint density at radius 3 is 2.58 bits per heavy atom. The summed E-state index contributed by atoms with van der Waals surface area (Å²) in [5, 5.41) is 2.64. The van der Waals surface area contributed by atoms with Gasteiger partial charge in [-0.15, -0.1) is 11.3 Å². The summed E-state index contributed by atoms with van der Waals surface area (Å²) in [6.07, 6.45) is -3.03. The van der Waals surface area contributed by atoms with E-state index in [1.54, 1.807) is 0 Å². The molecule has 2 aliphatic heterocycles. The summed E-state index contributed by atoms with van der Waals surface area (Å²) in [7, 11) is -7.10. The molecular weight excluding hydrogens is 477 g/mol. The molecule has 0 aliphatic carbocycles. The van der Waals surface area contributed by atoms with Crippen LogP contribution in [0, 0.1) is 6.92 Å². The molecule has 0 saturated carbocycles. The molecule has 2 aliphatic rings. The minimum absolute atomic E-state index is 0.0418. The number of aryl methyl sites for hydroxylation is 1. The summed E-state index contributed by atoms with van der Waals surface area (Å²) in [4.78, 5) is 8.26. The van der Waals surface area contributed by atoms with Gasteiger partial charge in [0.15, 0.2) is 4.21 Å². The summed E-state index contributed by atoms with van der Waals surface area (Å²) in [5.41, 5.74) is 0.968. The quantitative estimate of drug-likeness (QED) is 0.667. The molecule has 1 atom stereocenters. The maximum atomic E-state index is 13.1. The van der Waals surface area contributed by atoms with Crippen LogP contribution in [-0.2, 0) is 26.3 Å². The van der Waals surface area contributed by atoms with E-state index in [1.807, 2.05) is 0 Å². The Labute approximate surface area is 181 Å². The molecule has 0 radical (unpaired) electrons. The second-order valence-corrected chi connectivity index (χ2v) is 12.8.